The normalized spacial score (nSPS) is 11.6. The number of nitrogens with zero attached hydrogens (tertiary/aromatic N) is 3. The average molecular weight is 437 g/mol. The number of methoxy groups -OCH3 is 1. The molecule has 166 valence electrons. The standard InChI is InChI=1S/C21H22F3N3O4/c1-5-15-13(12-7-8-16(29-4)25-10-12)9-14-18(31-11-21(22,23)24)17(20(28)30-6-2)27(3)19(14)26-15/h7-10H,5-6,11H2,1-4H3. The summed E-state index contributed by atoms with van der Waals surface area (Å²) in [6.07, 6.45) is -2.43. The number of aryl methyl sites for hydroxylation is 2. The number of aromatic nitrogens is 3. The van der Waals surface area contributed by atoms with Gasteiger partial charge in [-0.1, -0.05) is 6.92 Å². The molecule has 31 heavy (non-hydrogen) atoms. The molecule has 0 aliphatic rings. The van der Waals surface area contributed by atoms with Gasteiger partial charge in [0.1, 0.15) is 5.65 Å². The minimum atomic E-state index is -4.58. The number of carbonyl (C=O) groups excluding carboxylic acids is 1. The maximum atomic E-state index is 12.9. The number of fused-ring (bicyclic) bond motifs is 1. The Hall–Kier alpha value is -3.30. The number of hydrogen-bond donors (Lipinski definition) is 0. The van der Waals surface area contributed by atoms with E-state index in [4.69, 9.17) is 14.2 Å². The molecule has 0 bridgehead atoms. The van der Waals surface area contributed by atoms with E-state index in [1.807, 2.05) is 6.92 Å². The van der Waals surface area contributed by atoms with E-state index in [0.29, 0.717) is 34.8 Å². The lowest BCUT2D eigenvalue weighted by Crippen LogP contribution is -2.20. The van der Waals surface area contributed by atoms with Crippen LogP contribution >= 0.6 is 0 Å². The lowest BCUT2D eigenvalue weighted by atomic mass is 10.0. The van der Waals surface area contributed by atoms with Gasteiger partial charge in [-0.25, -0.2) is 14.8 Å². The number of pyridine rings is 2. The van der Waals surface area contributed by atoms with E-state index >= 15 is 0 Å². The predicted octanol–water partition coefficient (Wildman–Crippen LogP) is 4.32. The Kier molecular flexibility index (Phi) is 6.37. The van der Waals surface area contributed by atoms with Crippen molar-refractivity contribution in [2.75, 3.05) is 20.3 Å². The Balaban J connectivity index is 2.24. The third-order valence-corrected chi connectivity index (χ3v) is 4.63. The fraction of sp³-hybridized carbons (Fsp3) is 0.381. The number of esters is 1. The second-order valence-electron chi connectivity index (χ2n) is 6.66. The molecular weight excluding hydrogens is 415 g/mol. The summed E-state index contributed by atoms with van der Waals surface area (Å²) < 4.78 is 55.2. The first kappa shape index (κ1) is 22.4. The molecule has 0 saturated carbocycles. The molecular formula is C21H22F3N3O4. The average Bonchev–Trinajstić information content (AvgIpc) is 3.02. The maximum absolute atomic E-state index is 12.9. The highest BCUT2D eigenvalue weighted by atomic mass is 19.4. The molecule has 0 radical (unpaired) electrons. The van der Waals surface area contributed by atoms with Crippen molar-refractivity contribution in [1.82, 2.24) is 14.5 Å². The van der Waals surface area contributed by atoms with Crippen molar-refractivity contribution >= 4 is 17.0 Å². The number of rotatable bonds is 7. The van der Waals surface area contributed by atoms with Crippen LogP contribution in [0.4, 0.5) is 13.2 Å². The van der Waals surface area contributed by atoms with E-state index < -0.39 is 18.8 Å². The Labute approximate surface area is 176 Å². The summed E-state index contributed by atoms with van der Waals surface area (Å²) in [6, 6.07) is 5.12. The van der Waals surface area contributed by atoms with Crippen molar-refractivity contribution in [3.8, 4) is 22.8 Å². The summed E-state index contributed by atoms with van der Waals surface area (Å²) in [4.78, 5) is 21.3. The van der Waals surface area contributed by atoms with Crippen molar-refractivity contribution in [2.24, 2.45) is 7.05 Å². The topological polar surface area (TPSA) is 75.5 Å². The van der Waals surface area contributed by atoms with Gasteiger partial charge in [0.15, 0.2) is 18.1 Å². The molecule has 0 atom stereocenters. The van der Waals surface area contributed by atoms with E-state index in [-0.39, 0.29) is 23.4 Å². The van der Waals surface area contributed by atoms with Gasteiger partial charge in [0, 0.05) is 30.4 Å². The highest BCUT2D eigenvalue weighted by Crippen LogP contribution is 2.37. The van der Waals surface area contributed by atoms with Crippen LogP contribution in [0, 0.1) is 0 Å². The minimum Gasteiger partial charge on any atom is -0.481 e. The quantitative estimate of drug-likeness (QED) is 0.513. The Bertz CT molecular complexity index is 1090. The van der Waals surface area contributed by atoms with Gasteiger partial charge in [0.05, 0.1) is 24.8 Å². The van der Waals surface area contributed by atoms with Crippen LogP contribution in [0.15, 0.2) is 24.4 Å². The largest absolute Gasteiger partial charge is 0.481 e. The highest BCUT2D eigenvalue weighted by molar-refractivity contribution is 6.01. The Morgan fingerprint density at radius 1 is 1.23 bits per heavy atom. The van der Waals surface area contributed by atoms with Gasteiger partial charge >= 0.3 is 12.1 Å². The van der Waals surface area contributed by atoms with E-state index in [1.54, 1.807) is 31.3 Å². The Morgan fingerprint density at radius 3 is 2.52 bits per heavy atom. The van der Waals surface area contributed by atoms with Crippen molar-refractivity contribution in [2.45, 2.75) is 26.4 Å². The van der Waals surface area contributed by atoms with Crippen LogP contribution in [-0.4, -0.2) is 47.0 Å². The van der Waals surface area contributed by atoms with Crippen LogP contribution < -0.4 is 9.47 Å². The number of hydrogen-bond acceptors (Lipinski definition) is 6. The second kappa shape index (κ2) is 8.83. The molecule has 0 unspecified atom stereocenters. The van der Waals surface area contributed by atoms with Crippen LogP contribution in [0.25, 0.3) is 22.2 Å². The summed E-state index contributed by atoms with van der Waals surface area (Å²) in [5.41, 5.74) is 2.26. The van der Waals surface area contributed by atoms with Crippen LogP contribution in [0.1, 0.15) is 30.0 Å². The van der Waals surface area contributed by atoms with Gasteiger partial charge in [-0.3, -0.25) is 0 Å². The predicted molar refractivity (Wildman–Crippen MR) is 107 cm³/mol. The molecule has 3 rings (SSSR count). The van der Waals surface area contributed by atoms with E-state index in [1.165, 1.54) is 18.7 Å². The van der Waals surface area contributed by atoms with Crippen LogP contribution in [0.2, 0.25) is 0 Å². The first-order valence-corrected chi connectivity index (χ1v) is 9.59. The zero-order valence-corrected chi connectivity index (χ0v) is 17.5. The molecule has 0 spiro atoms. The molecule has 0 aliphatic heterocycles. The number of carbonyl (C=O) groups is 1. The summed E-state index contributed by atoms with van der Waals surface area (Å²) in [5.74, 6) is -0.577. The molecule has 0 aliphatic carbocycles. The molecule has 3 heterocycles. The number of ether oxygens (including phenoxy) is 3. The number of halogens is 3. The van der Waals surface area contributed by atoms with Crippen molar-refractivity contribution in [3.05, 3.63) is 35.8 Å². The van der Waals surface area contributed by atoms with Gasteiger partial charge in [0.2, 0.25) is 5.88 Å². The van der Waals surface area contributed by atoms with Gasteiger partial charge in [-0.05, 0) is 25.5 Å². The number of alkyl halides is 3. The third kappa shape index (κ3) is 4.57. The fourth-order valence-corrected chi connectivity index (χ4v) is 3.26. The molecule has 10 heteroatoms. The van der Waals surface area contributed by atoms with Gasteiger partial charge in [0.25, 0.3) is 0 Å². The molecule has 0 saturated heterocycles. The molecule has 3 aromatic rings. The maximum Gasteiger partial charge on any atom is 0.422 e. The summed E-state index contributed by atoms with van der Waals surface area (Å²) in [5, 5.41) is 0.276. The van der Waals surface area contributed by atoms with Gasteiger partial charge in [-0.2, -0.15) is 13.2 Å². The van der Waals surface area contributed by atoms with Gasteiger partial charge < -0.3 is 18.8 Å². The minimum absolute atomic E-state index is 0.0650. The highest BCUT2D eigenvalue weighted by Gasteiger charge is 2.32. The van der Waals surface area contributed by atoms with Crippen LogP contribution in [-0.2, 0) is 18.2 Å². The van der Waals surface area contributed by atoms with Crippen LogP contribution in [0.3, 0.4) is 0 Å². The van der Waals surface area contributed by atoms with E-state index in [2.05, 4.69) is 9.97 Å². The summed E-state index contributed by atoms with van der Waals surface area (Å²) in [7, 11) is 3.04. The summed E-state index contributed by atoms with van der Waals surface area (Å²) in [6.45, 7) is 2.03. The van der Waals surface area contributed by atoms with Crippen molar-refractivity contribution in [1.29, 1.82) is 0 Å². The van der Waals surface area contributed by atoms with Crippen molar-refractivity contribution < 1.29 is 32.2 Å². The molecule has 7 nitrogen and oxygen atoms in total. The SMILES string of the molecule is CCOC(=O)c1c(OCC(F)(F)F)c2cc(-c3ccc(OC)nc3)c(CC)nc2n1C. The molecule has 0 aromatic carbocycles. The third-order valence-electron chi connectivity index (χ3n) is 4.63. The van der Waals surface area contributed by atoms with E-state index in [9.17, 15) is 18.0 Å². The van der Waals surface area contributed by atoms with Crippen LogP contribution in [0.5, 0.6) is 11.6 Å². The lowest BCUT2D eigenvalue weighted by Gasteiger charge is -2.11. The molecule has 0 amide bonds. The zero-order chi connectivity index (χ0) is 22.8. The Morgan fingerprint density at radius 2 is 1.97 bits per heavy atom. The van der Waals surface area contributed by atoms with Crippen molar-refractivity contribution in [3.63, 3.8) is 0 Å². The van der Waals surface area contributed by atoms with E-state index in [0.717, 1.165) is 0 Å². The fourth-order valence-electron chi connectivity index (χ4n) is 3.26. The first-order chi connectivity index (χ1) is 14.7. The lowest BCUT2D eigenvalue weighted by molar-refractivity contribution is -0.153. The first-order valence-electron chi connectivity index (χ1n) is 9.59. The van der Waals surface area contributed by atoms with Gasteiger partial charge in [-0.15, -0.1) is 0 Å². The monoisotopic (exact) mass is 437 g/mol. The second-order valence-corrected chi connectivity index (χ2v) is 6.66. The smallest absolute Gasteiger partial charge is 0.422 e. The molecule has 3 aromatic heterocycles. The summed E-state index contributed by atoms with van der Waals surface area (Å²) >= 11 is 0. The molecule has 0 fully saturated rings. The zero-order valence-electron chi connectivity index (χ0n) is 17.5. The molecule has 0 N–H and O–H groups in total.